The highest BCUT2D eigenvalue weighted by molar-refractivity contribution is 6.08. The Labute approximate surface area is 94.1 Å². The molecule has 2 rings (SSSR count). The summed E-state index contributed by atoms with van der Waals surface area (Å²) < 4.78 is 5.26. The maximum absolute atomic E-state index is 11.7. The second-order valence-electron chi connectivity index (χ2n) is 3.68. The molecule has 1 aromatic carbocycles. The number of pyridine rings is 1. The Morgan fingerprint density at radius 3 is 2.62 bits per heavy atom. The fourth-order valence-electron chi connectivity index (χ4n) is 1.92. The van der Waals surface area contributed by atoms with Crippen LogP contribution in [-0.4, -0.2) is 17.9 Å². The van der Waals surface area contributed by atoms with E-state index in [4.69, 9.17) is 4.74 Å². The molecule has 0 radical (unpaired) electrons. The van der Waals surface area contributed by atoms with Crippen molar-refractivity contribution in [3.05, 3.63) is 35.5 Å². The van der Waals surface area contributed by atoms with E-state index in [-0.39, 0.29) is 5.78 Å². The van der Waals surface area contributed by atoms with E-state index in [1.54, 1.807) is 14.0 Å². The highest BCUT2D eigenvalue weighted by atomic mass is 16.5. The maximum atomic E-state index is 11.7. The van der Waals surface area contributed by atoms with Crippen molar-refractivity contribution in [2.24, 2.45) is 0 Å². The summed E-state index contributed by atoms with van der Waals surface area (Å²) in [6, 6.07) is 7.59. The molecule has 0 aliphatic carbocycles. The van der Waals surface area contributed by atoms with Gasteiger partial charge in [0.05, 0.1) is 23.9 Å². The molecule has 3 nitrogen and oxygen atoms in total. The van der Waals surface area contributed by atoms with Crippen LogP contribution in [0.5, 0.6) is 5.75 Å². The molecular formula is C13H13NO2. The molecule has 3 heteroatoms. The van der Waals surface area contributed by atoms with Crippen LogP contribution >= 0.6 is 0 Å². The fourth-order valence-corrected chi connectivity index (χ4v) is 1.92. The van der Waals surface area contributed by atoms with Gasteiger partial charge in [0.15, 0.2) is 11.5 Å². The molecule has 0 N–H and O–H groups in total. The number of hydrogen-bond acceptors (Lipinski definition) is 3. The second kappa shape index (κ2) is 3.93. The molecular weight excluding hydrogens is 202 g/mol. The summed E-state index contributed by atoms with van der Waals surface area (Å²) in [6.07, 6.45) is 0. The molecule has 0 fully saturated rings. The van der Waals surface area contributed by atoms with Crippen molar-refractivity contribution in [1.82, 2.24) is 4.98 Å². The molecule has 0 bridgehead atoms. The van der Waals surface area contributed by atoms with Gasteiger partial charge >= 0.3 is 0 Å². The van der Waals surface area contributed by atoms with Gasteiger partial charge in [-0.2, -0.15) is 0 Å². The van der Waals surface area contributed by atoms with Crippen molar-refractivity contribution in [3.63, 3.8) is 0 Å². The van der Waals surface area contributed by atoms with E-state index in [0.29, 0.717) is 11.3 Å². The number of Topliss-reactive ketones (excluding diaryl/α,β-unsaturated/α-hetero) is 1. The van der Waals surface area contributed by atoms with Crippen LogP contribution in [-0.2, 0) is 0 Å². The highest BCUT2D eigenvalue weighted by Gasteiger charge is 2.16. The Morgan fingerprint density at radius 1 is 1.31 bits per heavy atom. The summed E-state index contributed by atoms with van der Waals surface area (Å²) in [5, 5.41) is 0.845. The van der Waals surface area contributed by atoms with Gasteiger partial charge in [-0.25, -0.2) is 4.98 Å². The molecule has 2 aromatic rings. The minimum Gasteiger partial charge on any atom is -0.494 e. The van der Waals surface area contributed by atoms with E-state index in [1.165, 1.54) is 0 Å². The largest absolute Gasteiger partial charge is 0.494 e. The summed E-state index contributed by atoms with van der Waals surface area (Å²) in [7, 11) is 1.56. The number of carbonyl (C=O) groups is 1. The normalized spacial score (nSPS) is 10.4. The lowest BCUT2D eigenvalue weighted by atomic mass is 10.0. The van der Waals surface area contributed by atoms with Crippen molar-refractivity contribution < 1.29 is 9.53 Å². The number of nitrogens with zero attached hydrogens (tertiary/aromatic N) is 1. The Hall–Kier alpha value is -1.90. The van der Waals surface area contributed by atoms with Crippen molar-refractivity contribution in [1.29, 1.82) is 0 Å². The summed E-state index contributed by atoms with van der Waals surface area (Å²) in [4.78, 5) is 16.1. The molecule has 0 saturated heterocycles. The van der Waals surface area contributed by atoms with Crippen molar-refractivity contribution in [3.8, 4) is 5.75 Å². The first-order chi connectivity index (χ1) is 7.65. The monoisotopic (exact) mass is 215 g/mol. The van der Waals surface area contributed by atoms with E-state index in [1.807, 2.05) is 31.2 Å². The number of para-hydroxylation sites is 1. The van der Waals surface area contributed by atoms with E-state index in [2.05, 4.69) is 4.98 Å². The molecule has 0 aliphatic heterocycles. The molecule has 0 atom stereocenters. The molecule has 0 saturated carbocycles. The molecule has 16 heavy (non-hydrogen) atoms. The van der Waals surface area contributed by atoms with Crippen molar-refractivity contribution in [2.45, 2.75) is 13.8 Å². The Balaban J connectivity index is 2.93. The first-order valence-corrected chi connectivity index (χ1v) is 5.09. The predicted octanol–water partition coefficient (Wildman–Crippen LogP) is 2.75. The maximum Gasteiger partial charge on any atom is 0.164 e. The molecule has 0 spiro atoms. The van der Waals surface area contributed by atoms with Crippen LogP contribution in [0.4, 0.5) is 0 Å². The van der Waals surface area contributed by atoms with Crippen LogP contribution in [0, 0.1) is 6.92 Å². The number of aryl methyl sites for hydroxylation is 1. The number of aromatic nitrogens is 1. The summed E-state index contributed by atoms with van der Waals surface area (Å²) in [6.45, 7) is 3.39. The Kier molecular flexibility index (Phi) is 2.60. The standard InChI is InChI=1S/C13H13NO2/c1-8-13(16-3)12(9(2)15)10-6-4-5-7-11(10)14-8/h4-7H,1-3H3. The van der Waals surface area contributed by atoms with Crippen LogP contribution in [0.2, 0.25) is 0 Å². The van der Waals surface area contributed by atoms with Gasteiger partial charge in [-0.15, -0.1) is 0 Å². The lowest BCUT2D eigenvalue weighted by Gasteiger charge is -2.11. The number of hydrogen-bond donors (Lipinski definition) is 0. The number of carbonyl (C=O) groups excluding carboxylic acids is 1. The van der Waals surface area contributed by atoms with Gasteiger partial charge in [0.2, 0.25) is 0 Å². The zero-order valence-corrected chi connectivity index (χ0v) is 9.57. The molecule has 82 valence electrons. The molecule has 1 aromatic heterocycles. The molecule has 0 aliphatic rings. The van der Waals surface area contributed by atoms with Crippen LogP contribution in [0.1, 0.15) is 23.0 Å². The van der Waals surface area contributed by atoms with Gasteiger partial charge in [-0.05, 0) is 19.9 Å². The number of ether oxygens (including phenoxy) is 1. The highest BCUT2D eigenvalue weighted by Crippen LogP contribution is 2.29. The van der Waals surface area contributed by atoms with Crippen molar-refractivity contribution in [2.75, 3.05) is 7.11 Å². The fraction of sp³-hybridized carbons (Fsp3) is 0.231. The van der Waals surface area contributed by atoms with Gasteiger partial charge in [-0.3, -0.25) is 4.79 Å². The third-order valence-electron chi connectivity index (χ3n) is 2.57. The van der Waals surface area contributed by atoms with E-state index < -0.39 is 0 Å². The minimum atomic E-state index is -0.00134. The molecule has 1 heterocycles. The summed E-state index contributed by atoms with van der Waals surface area (Å²) >= 11 is 0. The van der Waals surface area contributed by atoms with E-state index >= 15 is 0 Å². The lowest BCUT2D eigenvalue weighted by Crippen LogP contribution is -2.03. The van der Waals surface area contributed by atoms with E-state index in [9.17, 15) is 4.79 Å². The van der Waals surface area contributed by atoms with Gasteiger partial charge in [0, 0.05) is 5.39 Å². The molecule has 0 amide bonds. The lowest BCUT2D eigenvalue weighted by molar-refractivity contribution is 0.101. The summed E-state index contributed by atoms with van der Waals surface area (Å²) in [5.41, 5.74) is 2.18. The van der Waals surface area contributed by atoms with Crippen LogP contribution in [0.15, 0.2) is 24.3 Å². The third kappa shape index (κ3) is 1.54. The van der Waals surface area contributed by atoms with Gasteiger partial charge in [0.1, 0.15) is 0 Å². The Bertz CT molecular complexity index is 561. The van der Waals surface area contributed by atoms with Crippen LogP contribution in [0.3, 0.4) is 0 Å². The number of methoxy groups -OCH3 is 1. The van der Waals surface area contributed by atoms with Crippen LogP contribution < -0.4 is 4.74 Å². The van der Waals surface area contributed by atoms with Crippen LogP contribution in [0.25, 0.3) is 10.9 Å². The van der Waals surface area contributed by atoms with Gasteiger partial charge in [0.25, 0.3) is 0 Å². The minimum absolute atomic E-state index is 0.00134. The topological polar surface area (TPSA) is 39.2 Å². The number of benzene rings is 1. The first kappa shape index (κ1) is 10.6. The number of rotatable bonds is 2. The zero-order valence-electron chi connectivity index (χ0n) is 9.57. The first-order valence-electron chi connectivity index (χ1n) is 5.09. The number of fused-ring (bicyclic) bond motifs is 1. The smallest absolute Gasteiger partial charge is 0.164 e. The van der Waals surface area contributed by atoms with Crippen molar-refractivity contribution >= 4 is 16.7 Å². The average molecular weight is 215 g/mol. The SMILES string of the molecule is COc1c(C)nc2ccccc2c1C(C)=O. The van der Waals surface area contributed by atoms with Gasteiger partial charge in [-0.1, -0.05) is 18.2 Å². The Morgan fingerprint density at radius 2 is 2.00 bits per heavy atom. The second-order valence-corrected chi connectivity index (χ2v) is 3.68. The third-order valence-corrected chi connectivity index (χ3v) is 2.57. The zero-order chi connectivity index (χ0) is 11.7. The summed E-state index contributed by atoms with van der Waals surface area (Å²) in [5.74, 6) is 0.574. The van der Waals surface area contributed by atoms with Gasteiger partial charge < -0.3 is 4.74 Å². The average Bonchev–Trinajstić information content (AvgIpc) is 2.26. The molecule has 0 unspecified atom stereocenters. The van der Waals surface area contributed by atoms with E-state index in [0.717, 1.165) is 16.6 Å². The quantitative estimate of drug-likeness (QED) is 0.723. The predicted molar refractivity (Wildman–Crippen MR) is 63.0 cm³/mol. The number of ketones is 1.